The SMILES string of the molecule is Cc1ccc(NC(=O)CCC(=O)NNC(=O)CCCOc2ccc(Cl)cc2Cl)cc1C. The van der Waals surface area contributed by atoms with Crippen LogP contribution >= 0.6 is 23.2 Å². The molecule has 3 N–H and O–H groups in total. The Balaban J connectivity index is 1.59. The molecule has 0 spiro atoms. The fraction of sp³-hybridized carbons (Fsp3) is 0.318. The second-order valence-electron chi connectivity index (χ2n) is 6.97. The minimum Gasteiger partial charge on any atom is -0.492 e. The highest BCUT2D eigenvalue weighted by Crippen LogP contribution is 2.27. The molecule has 166 valence electrons. The summed E-state index contributed by atoms with van der Waals surface area (Å²) in [5, 5.41) is 3.65. The van der Waals surface area contributed by atoms with Gasteiger partial charge < -0.3 is 10.1 Å². The largest absolute Gasteiger partial charge is 0.492 e. The van der Waals surface area contributed by atoms with E-state index in [9.17, 15) is 14.4 Å². The topological polar surface area (TPSA) is 96.5 Å². The molecule has 2 aromatic rings. The molecule has 0 bridgehead atoms. The Kier molecular flexibility index (Phi) is 9.62. The zero-order valence-corrected chi connectivity index (χ0v) is 18.9. The van der Waals surface area contributed by atoms with Crippen LogP contribution in [0.5, 0.6) is 5.75 Å². The summed E-state index contributed by atoms with van der Waals surface area (Å²) >= 11 is 11.8. The van der Waals surface area contributed by atoms with E-state index in [0.717, 1.165) is 11.1 Å². The number of hydrazine groups is 1. The molecule has 31 heavy (non-hydrogen) atoms. The van der Waals surface area contributed by atoms with Crippen molar-refractivity contribution in [1.29, 1.82) is 0 Å². The molecular weight excluding hydrogens is 441 g/mol. The van der Waals surface area contributed by atoms with Gasteiger partial charge in [-0.1, -0.05) is 29.3 Å². The second kappa shape index (κ2) is 12.2. The average Bonchev–Trinajstić information content (AvgIpc) is 2.72. The molecule has 0 atom stereocenters. The first-order valence-electron chi connectivity index (χ1n) is 9.77. The van der Waals surface area contributed by atoms with Crippen molar-refractivity contribution in [2.24, 2.45) is 0 Å². The number of nitrogens with one attached hydrogen (secondary N) is 3. The first-order chi connectivity index (χ1) is 14.7. The maximum absolute atomic E-state index is 12.0. The van der Waals surface area contributed by atoms with Crippen LogP contribution in [0.15, 0.2) is 36.4 Å². The second-order valence-corrected chi connectivity index (χ2v) is 7.81. The molecule has 0 aliphatic carbocycles. The van der Waals surface area contributed by atoms with Crippen LogP contribution < -0.4 is 20.9 Å². The lowest BCUT2D eigenvalue weighted by Crippen LogP contribution is -2.41. The number of rotatable bonds is 9. The molecule has 0 radical (unpaired) electrons. The predicted molar refractivity (Wildman–Crippen MR) is 121 cm³/mol. The Bertz CT molecular complexity index is 950. The van der Waals surface area contributed by atoms with Gasteiger partial charge in [-0.05, 0) is 61.7 Å². The third kappa shape index (κ3) is 8.86. The summed E-state index contributed by atoms with van der Waals surface area (Å²) in [4.78, 5) is 35.6. The first kappa shape index (κ1) is 24.5. The van der Waals surface area contributed by atoms with E-state index in [1.165, 1.54) is 0 Å². The van der Waals surface area contributed by atoms with Crippen molar-refractivity contribution < 1.29 is 19.1 Å². The van der Waals surface area contributed by atoms with Gasteiger partial charge in [-0.2, -0.15) is 0 Å². The fourth-order valence-corrected chi connectivity index (χ4v) is 3.00. The van der Waals surface area contributed by atoms with Crippen molar-refractivity contribution in [3.05, 3.63) is 57.6 Å². The zero-order valence-electron chi connectivity index (χ0n) is 17.4. The fourth-order valence-electron chi connectivity index (χ4n) is 2.54. The lowest BCUT2D eigenvalue weighted by atomic mass is 10.1. The zero-order chi connectivity index (χ0) is 22.8. The number of hydrogen-bond acceptors (Lipinski definition) is 4. The van der Waals surface area contributed by atoms with Gasteiger partial charge in [-0.3, -0.25) is 25.2 Å². The van der Waals surface area contributed by atoms with Gasteiger partial charge in [0.25, 0.3) is 0 Å². The molecule has 9 heteroatoms. The van der Waals surface area contributed by atoms with Crippen LogP contribution in [-0.2, 0) is 14.4 Å². The molecule has 2 aromatic carbocycles. The molecule has 0 aliphatic rings. The van der Waals surface area contributed by atoms with Crippen molar-refractivity contribution in [1.82, 2.24) is 10.9 Å². The molecule has 0 aromatic heterocycles. The average molecular weight is 466 g/mol. The molecule has 0 saturated carbocycles. The number of benzene rings is 2. The van der Waals surface area contributed by atoms with Crippen LogP contribution in [0.25, 0.3) is 0 Å². The Hall–Kier alpha value is -2.77. The van der Waals surface area contributed by atoms with Gasteiger partial charge in [0.2, 0.25) is 17.7 Å². The summed E-state index contributed by atoms with van der Waals surface area (Å²) in [6.45, 7) is 4.23. The van der Waals surface area contributed by atoms with E-state index in [1.807, 2.05) is 32.0 Å². The Morgan fingerprint density at radius 2 is 1.52 bits per heavy atom. The number of amides is 3. The number of carbonyl (C=O) groups excluding carboxylic acids is 3. The Labute approximate surface area is 191 Å². The molecule has 0 saturated heterocycles. The quantitative estimate of drug-likeness (QED) is 0.379. The summed E-state index contributed by atoms with van der Waals surface area (Å²) in [7, 11) is 0. The first-order valence-corrected chi connectivity index (χ1v) is 10.5. The minimum absolute atomic E-state index is 0.00429. The standard InChI is InChI=1S/C22H25Cl2N3O4/c1-14-5-7-17(12-15(14)2)25-20(28)9-10-22(30)27-26-21(29)4-3-11-31-19-8-6-16(23)13-18(19)24/h5-8,12-13H,3-4,9-11H2,1-2H3,(H,25,28)(H,26,29)(H,27,30). The van der Waals surface area contributed by atoms with Crippen molar-refractivity contribution in [2.45, 2.75) is 39.5 Å². The minimum atomic E-state index is -0.451. The van der Waals surface area contributed by atoms with E-state index in [4.69, 9.17) is 27.9 Å². The number of carbonyl (C=O) groups is 3. The van der Waals surface area contributed by atoms with Crippen LogP contribution in [-0.4, -0.2) is 24.3 Å². The molecule has 0 fully saturated rings. The van der Waals surface area contributed by atoms with Gasteiger partial charge in [0, 0.05) is 30.0 Å². The van der Waals surface area contributed by atoms with E-state index in [0.29, 0.717) is 27.9 Å². The van der Waals surface area contributed by atoms with E-state index >= 15 is 0 Å². The predicted octanol–water partition coefficient (Wildman–Crippen LogP) is 4.34. The lowest BCUT2D eigenvalue weighted by molar-refractivity contribution is -0.129. The van der Waals surface area contributed by atoms with Crippen LogP contribution in [0, 0.1) is 13.8 Å². The summed E-state index contributed by atoms with van der Waals surface area (Å²) in [5.41, 5.74) is 7.50. The molecule has 7 nitrogen and oxygen atoms in total. The van der Waals surface area contributed by atoms with Gasteiger partial charge in [0.05, 0.1) is 11.6 Å². The molecular formula is C22H25Cl2N3O4. The van der Waals surface area contributed by atoms with Crippen molar-refractivity contribution in [3.8, 4) is 5.75 Å². The summed E-state index contributed by atoms with van der Waals surface area (Å²) < 4.78 is 5.49. The van der Waals surface area contributed by atoms with Gasteiger partial charge in [-0.15, -0.1) is 0 Å². The summed E-state index contributed by atoms with van der Waals surface area (Å²) in [6, 6.07) is 10.5. The maximum Gasteiger partial charge on any atom is 0.238 e. The number of halogens is 2. The molecule has 0 unspecified atom stereocenters. The molecule has 2 rings (SSSR count). The molecule has 3 amide bonds. The lowest BCUT2D eigenvalue weighted by Gasteiger charge is -2.10. The van der Waals surface area contributed by atoms with Gasteiger partial charge in [0.15, 0.2) is 0 Å². The van der Waals surface area contributed by atoms with Crippen LogP contribution in [0.2, 0.25) is 10.0 Å². The van der Waals surface area contributed by atoms with Crippen LogP contribution in [0.3, 0.4) is 0 Å². The Morgan fingerprint density at radius 3 is 2.19 bits per heavy atom. The van der Waals surface area contributed by atoms with Gasteiger partial charge >= 0.3 is 0 Å². The van der Waals surface area contributed by atoms with Crippen LogP contribution in [0.4, 0.5) is 5.69 Å². The van der Waals surface area contributed by atoms with Crippen molar-refractivity contribution >= 4 is 46.6 Å². The van der Waals surface area contributed by atoms with Gasteiger partial charge in [-0.25, -0.2) is 0 Å². The number of hydrogen-bond donors (Lipinski definition) is 3. The number of aryl methyl sites for hydroxylation is 2. The number of ether oxygens (including phenoxy) is 1. The smallest absolute Gasteiger partial charge is 0.238 e. The third-order valence-corrected chi connectivity index (χ3v) is 4.94. The maximum atomic E-state index is 12.0. The van der Waals surface area contributed by atoms with E-state index in [2.05, 4.69) is 16.2 Å². The monoisotopic (exact) mass is 465 g/mol. The highest BCUT2D eigenvalue weighted by atomic mass is 35.5. The molecule has 0 aliphatic heterocycles. The van der Waals surface area contributed by atoms with E-state index in [-0.39, 0.29) is 37.7 Å². The summed E-state index contributed by atoms with van der Waals surface area (Å²) in [6.07, 6.45) is 0.539. The molecule has 0 heterocycles. The van der Waals surface area contributed by atoms with Crippen molar-refractivity contribution in [2.75, 3.05) is 11.9 Å². The summed E-state index contributed by atoms with van der Waals surface area (Å²) in [5.74, 6) is -0.604. The van der Waals surface area contributed by atoms with E-state index in [1.54, 1.807) is 18.2 Å². The Morgan fingerprint density at radius 1 is 0.839 bits per heavy atom. The normalized spacial score (nSPS) is 10.3. The highest BCUT2D eigenvalue weighted by molar-refractivity contribution is 6.35. The van der Waals surface area contributed by atoms with E-state index < -0.39 is 5.91 Å². The third-order valence-electron chi connectivity index (χ3n) is 4.41. The number of anilines is 1. The van der Waals surface area contributed by atoms with Crippen LogP contribution in [0.1, 0.15) is 36.8 Å². The highest BCUT2D eigenvalue weighted by Gasteiger charge is 2.09. The van der Waals surface area contributed by atoms with Gasteiger partial charge in [0.1, 0.15) is 5.75 Å². The van der Waals surface area contributed by atoms with Crippen molar-refractivity contribution in [3.63, 3.8) is 0 Å².